The number of hydrogen-bond acceptors (Lipinski definition) is 4. The van der Waals surface area contributed by atoms with Crippen LogP contribution in [-0.2, 0) is 14.3 Å². The minimum absolute atomic E-state index is 0.0246. The third-order valence-electron chi connectivity index (χ3n) is 12.3. The van der Waals surface area contributed by atoms with Crippen molar-refractivity contribution < 1.29 is 14.3 Å². The third-order valence-corrected chi connectivity index (χ3v) is 12.3. The highest BCUT2D eigenvalue weighted by Gasteiger charge is 2.25. The van der Waals surface area contributed by atoms with E-state index in [9.17, 15) is 4.79 Å². The van der Waals surface area contributed by atoms with E-state index >= 15 is 0 Å². The fourth-order valence-corrected chi connectivity index (χ4v) is 8.60. The van der Waals surface area contributed by atoms with Crippen LogP contribution < -0.4 is 5.32 Å². The molecular formula is C55H105NO3. The predicted molar refractivity (Wildman–Crippen MR) is 263 cm³/mol. The second-order valence-electron chi connectivity index (χ2n) is 18.3. The zero-order valence-electron chi connectivity index (χ0n) is 40.9. The molecule has 0 bridgehead atoms. The SMILES string of the molecule is CCCCC/C=C\C/C=C\CCCCCCCCC(CCCCCCCC/C=C\CCCCCCCC)OC(=O)CC[C@H](C[C@@H](C)CCC)C(CC)OCCCCNC. The maximum Gasteiger partial charge on any atom is 0.306 e. The van der Waals surface area contributed by atoms with Gasteiger partial charge in [0.2, 0.25) is 0 Å². The second-order valence-corrected chi connectivity index (χ2v) is 18.3. The van der Waals surface area contributed by atoms with Gasteiger partial charge >= 0.3 is 5.97 Å². The normalized spacial score (nSPS) is 14.2. The summed E-state index contributed by atoms with van der Waals surface area (Å²) >= 11 is 0. The van der Waals surface area contributed by atoms with E-state index in [1.807, 2.05) is 7.05 Å². The molecule has 4 heteroatoms. The van der Waals surface area contributed by atoms with Crippen LogP contribution in [0.2, 0.25) is 0 Å². The van der Waals surface area contributed by atoms with Gasteiger partial charge in [0, 0.05) is 13.0 Å². The molecule has 348 valence electrons. The number of nitrogens with one attached hydrogen (secondary N) is 1. The van der Waals surface area contributed by atoms with Gasteiger partial charge in [-0.1, -0.05) is 180 Å². The van der Waals surface area contributed by atoms with Crippen molar-refractivity contribution >= 4 is 5.97 Å². The Hall–Kier alpha value is -1.39. The molecule has 0 aliphatic rings. The lowest BCUT2D eigenvalue weighted by Gasteiger charge is -2.29. The van der Waals surface area contributed by atoms with Gasteiger partial charge in [0.25, 0.3) is 0 Å². The topological polar surface area (TPSA) is 47.6 Å². The monoisotopic (exact) mass is 828 g/mol. The molecule has 1 N–H and O–H groups in total. The van der Waals surface area contributed by atoms with Crippen LogP contribution in [0.3, 0.4) is 0 Å². The lowest BCUT2D eigenvalue weighted by Crippen LogP contribution is -2.27. The first-order valence-electron chi connectivity index (χ1n) is 26.4. The van der Waals surface area contributed by atoms with Crippen LogP contribution in [0.5, 0.6) is 0 Å². The van der Waals surface area contributed by atoms with E-state index in [-0.39, 0.29) is 18.2 Å². The average Bonchev–Trinajstić information content (AvgIpc) is 3.23. The standard InChI is InChI=1S/C55H105NO3/c1-7-11-13-15-17-19-21-23-25-27-29-31-33-35-37-39-44-53(45-40-38-36-34-32-30-28-26-24-22-20-18-16-14-12-8-2)59-55(57)47-46-52(50-51(5)43-9-3)54(10-4)58-49-42-41-48-56-6/h17,19,23-26,51-54,56H,7-16,18,20-22,27-50H2,1-6H3/b19-17-,25-23-,26-24-/t51-,52+,53?,54?/m0/s1. The summed E-state index contributed by atoms with van der Waals surface area (Å²) in [6, 6.07) is 0. The maximum absolute atomic E-state index is 13.5. The van der Waals surface area contributed by atoms with Crippen LogP contribution in [0, 0.1) is 11.8 Å². The molecule has 0 aliphatic carbocycles. The molecule has 0 radical (unpaired) electrons. The van der Waals surface area contributed by atoms with Gasteiger partial charge in [0.1, 0.15) is 6.10 Å². The first-order valence-corrected chi connectivity index (χ1v) is 26.4. The van der Waals surface area contributed by atoms with Gasteiger partial charge in [0.15, 0.2) is 0 Å². The smallest absolute Gasteiger partial charge is 0.306 e. The van der Waals surface area contributed by atoms with Crippen LogP contribution in [0.1, 0.15) is 266 Å². The molecule has 0 fully saturated rings. The van der Waals surface area contributed by atoms with E-state index in [4.69, 9.17) is 9.47 Å². The highest BCUT2D eigenvalue weighted by Crippen LogP contribution is 2.28. The lowest BCUT2D eigenvalue weighted by atomic mass is 9.85. The molecule has 0 aromatic heterocycles. The number of allylic oxidation sites excluding steroid dienone is 6. The number of ether oxygens (including phenoxy) is 2. The first-order chi connectivity index (χ1) is 29.0. The maximum atomic E-state index is 13.5. The van der Waals surface area contributed by atoms with Crippen molar-refractivity contribution in [1.82, 2.24) is 5.32 Å². The number of esters is 1. The molecule has 4 atom stereocenters. The van der Waals surface area contributed by atoms with Crippen LogP contribution >= 0.6 is 0 Å². The largest absolute Gasteiger partial charge is 0.462 e. The first kappa shape index (κ1) is 57.6. The van der Waals surface area contributed by atoms with Gasteiger partial charge in [-0.2, -0.15) is 0 Å². The van der Waals surface area contributed by atoms with E-state index in [1.54, 1.807) is 0 Å². The summed E-state index contributed by atoms with van der Waals surface area (Å²) in [5, 5.41) is 3.25. The summed E-state index contributed by atoms with van der Waals surface area (Å²) in [5.41, 5.74) is 0. The van der Waals surface area contributed by atoms with Crippen LogP contribution in [-0.4, -0.2) is 38.4 Å². The molecule has 2 unspecified atom stereocenters. The molecule has 0 aromatic rings. The highest BCUT2D eigenvalue weighted by atomic mass is 16.5. The number of hydrogen-bond donors (Lipinski definition) is 1. The Morgan fingerprint density at radius 2 is 1.00 bits per heavy atom. The Balaban J connectivity index is 4.79. The fourth-order valence-electron chi connectivity index (χ4n) is 8.60. The minimum Gasteiger partial charge on any atom is -0.462 e. The van der Waals surface area contributed by atoms with Crippen molar-refractivity contribution in [3.8, 4) is 0 Å². The molecule has 0 saturated carbocycles. The average molecular weight is 828 g/mol. The van der Waals surface area contributed by atoms with Gasteiger partial charge in [0.05, 0.1) is 6.10 Å². The molecule has 0 spiro atoms. The van der Waals surface area contributed by atoms with Gasteiger partial charge < -0.3 is 14.8 Å². The summed E-state index contributed by atoms with van der Waals surface area (Å²) in [5.74, 6) is 1.10. The molecule has 4 nitrogen and oxygen atoms in total. The predicted octanol–water partition coefficient (Wildman–Crippen LogP) is 17.5. The quantitative estimate of drug-likeness (QED) is 0.0377. The minimum atomic E-state index is 0.0246. The molecule has 0 rings (SSSR count). The van der Waals surface area contributed by atoms with Crippen molar-refractivity contribution in [3.05, 3.63) is 36.5 Å². The Morgan fingerprint density at radius 1 is 0.525 bits per heavy atom. The summed E-state index contributed by atoms with van der Waals surface area (Å²) in [6.45, 7) is 13.3. The molecule has 0 aromatic carbocycles. The van der Waals surface area contributed by atoms with Crippen molar-refractivity contribution in [1.29, 1.82) is 0 Å². The van der Waals surface area contributed by atoms with Gasteiger partial charge in [-0.3, -0.25) is 4.79 Å². The Labute approximate surface area is 370 Å². The van der Waals surface area contributed by atoms with E-state index in [0.29, 0.717) is 18.3 Å². The zero-order valence-corrected chi connectivity index (χ0v) is 40.9. The molecule has 0 heterocycles. The summed E-state index contributed by atoms with van der Waals surface area (Å²) in [7, 11) is 2.02. The highest BCUT2D eigenvalue weighted by molar-refractivity contribution is 5.69. The Kier molecular flexibility index (Phi) is 46.5. The van der Waals surface area contributed by atoms with Crippen LogP contribution in [0.25, 0.3) is 0 Å². The molecule has 0 aliphatic heterocycles. The number of rotatable bonds is 47. The molecule has 59 heavy (non-hydrogen) atoms. The second kappa shape index (κ2) is 47.7. The van der Waals surface area contributed by atoms with Gasteiger partial charge in [-0.15, -0.1) is 0 Å². The van der Waals surface area contributed by atoms with Crippen LogP contribution in [0.4, 0.5) is 0 Å². The van der Waals surface area contributed by atoms with Crippen molar-refractivity contribution in [2.75, 3.05) is 20.2 Å². The number of carbonyl (C=O) groups excluding carboxylic acids is 1. The van der Waals surface area contributed by atoms with E-state index in [2.05, 4.69) is 76.4 Å². The summed E-state index contributed by atoms with van der Waals surface area (Å²) < 4.78 is 12.8. The molecule has 0 amide bonds. The lowest BCUT2D eigenvalue weighted by molar-refractivity contribution is -0.150. The number of carbonyl (C=O) groups is 1. The van der Waals surface area contributed by atoms with E-state index in [0.717, 1.165) is 64.5 Å². The van der Waals surface area contributed by atoms with E-state index in [1.165, 1.54) is 173 Å². The molecular weight excluding hydrogens is 723 g/mol. The zero-order chi connectivity index (χ0) is 43.1. The Bertz CT molecular complexity index is 927. The summed E-state index contributed by atoms with van der Waals surface area (Å²) in [4.78, 5) is 13.5. The van der Waals surface area contributed by atoms with Crippen LogP contribution in [0.15, 0.2) is 36.5 Å². The van der Waals surface area contributed by atoms with Crippen molar-refractivity contribution in [3.63, 3.8) is 0 Å². The fraction of sp³-hybridized carbons (Fsp3) is 0.873. The Morgan fingerprint density at radius 3 is 1.51 bits per heavy atom. The van der Waals surface area contributed by atoms with Gasteiger partial charge in [-0.05, 0) is 141 Å². The van der Waals surface area contributed by atoms with E-state index < -0.39 is 0 Å². The third kappa shape index (κ3) is 41.7. The van der Waals surface area contributed by atoms with Crippen molar-refractivity contribution in [2.24, 2.45) is 11.8 Å². The number of unbranched alkanes of at least 4 members (excludes halogenated alkanes) is 22. The van der Waals surface area contributed by atoms with Gasteiger partial charge in [-0.25, -0.2) is 0 Å². The summed E-state index contributed by atoms with van der Waals surface area (Å²) in [6.07, 6.45) is 58.5. The molecule has 0 saturated heterocycles. The van der Waals surface area contributed by atoms with Crippen molar-refractivity contribution in [2.45, 2.75) is 278 Å².